The molecule has 0 saturated carbocycles. The van der Waals surface area contributed by atoms with E-state index < -0.39 is 0 Å². The topological polar surface area (TPSA) is 32.3 Å². The molecule has 1 aromatic carbocycles. The lowest BCUT2D eigenvalue weighted by Crippen LogP contribution is -2.43. The lowest BCUT2D eigenvalue weighted by molar-refractivity contribution is 0.0707. The van der Waals surface area contributed by atoms with Crippen LogP contribution in [0, 0.1) is 0 Å². The summed E-state index contributed by atoms with van der Waals surface area (Å²) in [5.74, 6) is 0.167. The third kappa shape index (κ3) is 5.20. The van der Waals surface area contributed by atoms with E-state index in [1.54, 1.807) is 0 Å². The molecule has 1 heterocycles. The molecule has 0 bridgehead atoms. The Morgan fingerprint density at radius 2 is 1.81 bits per heavy atom. The summed E-state index contributed by atoms with van der Waals surface area (Å²) in [6.45, 7) is 6.06. The van der Waals surface area contributed by atoms with Crippen molar-refractivity contribution in [3.8, 4) is 0 Å². The second-order valence-electron chi connectivity index (χ2n) is 5.55. The molecule has 0 aromatic heterocycles. The van der Waals surface area contributed by atoms with Gasteiger partial charge in [0.05, 0.1) is 0 Å². The molecule has 1 N–H and O–H groups in total. The van der Waals surface area contributed by atoms with Gasteiger partial charge in [0.25, 0.3) is 5.91 Å². The number of likely N-dealkylation sites (tertiary alicyclic amines) is 1. The van der Waals surface area contributed by atoms with Crippen molar-refractivity contribution in [3.63, 3.8) is 0 Å². The molecular formula is C16H25ClN2OS. The number of benzene rings is 1. The number of carbonyl (C=O) groups is 1. The number of hydrogen-bond donors (Lipinski definition) is 1. The third-order valence-electron chi connectivity index (χ3n) is 3.66. The van der Waals surface area contributed by atoms with E-state index in [4.69, 9.17) is 0 Å². The minimum Gasteiger partial charge on any atom is -0.339 e. The Hall–Kier alpha value is -0.710. The van der Waals surface area contributed by atoms with E-state index in [9.17, 15) is 4.79 Å². The molecule has 5 heteroatoms. The predicted molar refractivity (Wildman–Crippen MR) is 92.7 cm³/mol. The lowest BCUT2D eigenvalue weighted by Gasteiger charge is -2.31. The number of amides is 1. The summed E-state index contributed by atoms with van der Waals surface area (Å²) in [5.41, 5.74) is 0.806. The Bertz CT molecular complexity index is 442. The van der Waals surface area contributed by atoms with Crippen molar-refractivity contribution in [2.45, 2.75) is 42.9 Å². The van der Waals surface area contributed by atoms with E-state index in [0.29, 0.717) is 11.3 Å². The number of hydrogen-bond acceptors (Lipinski definition) is 3. The van der Waals surface area contributed by atoms with Gasteiger partial charge in [0, 0.05) is 34.8 Å². The maximum Gasteiger partial charge on any atom is 0.253 e. The van der Waals surface area contributed by atoms with Crippen LogP contribution in [0.3, 0.4) is 0 Å². The number of nitrogens with zero attached hydrogens (tertiary/aromatic N) is 1. The van der Waals surface area contributed by atoms with E-state index in [1.165, 1.54) is 4.90 Å². The average Bonchev–Trinajstić information content (AvgIpc) is 2.47. The number of rotatable bonds is 4. The maximum absolute atomic E-state index is 12.4. The van der Waals surface area contributed by atoms with Crippen LogP contribution in [0.5, 0.6) is 0 Å². The van der Waals surface area contributed by atoms with Crippen molar-refractivity contribution in [1.82, 2.24) is 10.2 Å². The van der Waals surface area contributed by atoms with Crippen LogP contribution in [0.15, 0.2) is 29.2 Å². The summed E-state index contributed by atoms with van der Waals surface area (Å²) < 4.78 is 0. The molecule has 0 radical (unpaired) electrons. The fraction of sp³-hybridized carbons (Fsp3) is 0.562. The van der Waals surface area contributed by atoms with E-state index in [-0.39, 0.29) is 18.3 Å². The van der Waals surface area contributed by atoms with Gasteiger partial charge in [-0.05, 0) is 44.2 Å². The molecule has 1 aliphatic heterocycles. The zero-order valence-electron chi connectivity index (χ0n) is 13.0. The van der Waals surface area contributed by atoms with Gasteiger partial charge in [-0.1, -0.05) is 13.8 Å². The molecule has 1 amide bonds. The Kier molecular flexibility index (Phi) is 7.57. The van der Waals surface area contributed by atoms with Crippen LogP contribution < -0.4 is 5.32 Å². The molecule has 1 aliphatic rings. The maximum atomic E-state index is 12.4. The van der Waals surface area contributed by atoms with Crippen LogP contribution in [-0.4, -0.2) is 42.2 Å². The highest BCUT2D eigenvalue weighted by Crippen LogP contribution is 2.23. The first-order chi connectivity index (χ1) is 9.60. The summed E-state index contributed by atoms with van der Waals surface area (Å²) in [6.07, 6.45) is 2.09. The van der Waals surface area contributed by atoms with Crippen molar-refractivity contribution >= 4 is 30.1 Å². The lowest BCUT2D eigenvalue weighted by atomic mass is 10.0. The molecule has 21 heavy (non-hydrogen) atoms. The minimum absolute atomic E-state index is 0. The van der Waals surface area contributed by atoms with E-state index in [0.717, 1.165) is 31.5 Å². The fourth-order valence-electron chi connectivity index (χ4n) is 2.50. The van der Waals surface area contributed by atoms with E-state index in [2.05, 4.69) is 31.3 Å². The molecule has 0 spiro atoms. The number of carbonyl (C=O) groups excluding carboxylic acids is 1. The van der Waals surface area contributed by atoms with Crippen molar-refractivity contribution in [3.05, 3.63) is 29.8 Å². The monoisotopic (exact) mass is 328 g/mol. The highest BCUT2D eigenvalue weighted by atomic mass is 35.5. The number of halogens is 1. The van der Waals surface area contributed by atoms with E-state index >= 15 is 0 Å². The van der Waals surface area contributed by atoms with Gasteiger partial charge in [-0.3, -0.25) is 4.79 Å². The van der Waals surface area contributed by atoms with Crippen molar-refractivity contribution in [1.29, 1.82) is 0 Å². The zero-order valence-corrected chi connectivity index (χ0v) is 14.6. The van der Waals surface area contributed by atoms with Gasteiger partial charge < -0.3 is 10.2 Å². The zero-order chi connectivity index (χ0) is 14.5. The molecule has 1 saturated heterocycles. The summed E-state index contributed by atoms with van der Waals surface area (Å²) in [4.78, 5) is 15.6. The van der Waals surface area contributed by atoms with Gasteiger partial charge in [0.1, 0.15) is 0 Å². The molecule has 0 aliphatic carbocycles. The average molecular weight is 329 g/mol. The number of piperidine rings is 1. The van der Waals surface area contributed by atoms with Crippen LogP contribution in [0.25, 0.3) is 0 Å². The molecule has 1 fully saturated rings. The third-order valence-corrected chi connectivity index (χ3v) is 4.68. The first-order valence-electron chi connectivity index (χ1n) is 7.33. The quantitative estimate of drug-likeness (QED) is 0.859. The Morgan fingerprint density at radius 3 is 2.29 bits per heavy atom. The standard InChI is InChI=1S/C16H24N2OS.ClH/c1-12(2)20-15-6-4-13(5-7-15)16(19)18-10-8-14(17-3)9-11-18;/h4-7,12,14,17H,8-11H2,1-3H3;1H. The summed E-state index contributed by atoms with van der Waals surface area (Å²) in [7, 11) is 1.99. The normalized spacial score (nSPS) is 15.9. The van der Waals surface area contributed by atoms with Gasteiger partial charge in [0.2, 0.25) is 0 Å². The summed E-state index contributed by atoms with van der Waals surface area (Å²) in [6, 6.07) is 8.58. The second kappa shape index (κ2) is 8.66. The van der Waals surface area contributed by atoms with Crippen LogP contribution in [0.1, 0.15) is 37.0 Å². The summed E-state index contributed by atoms with van der Waals surface area (Å²) >= 11 is 1.82. The number of nitrogens with one attached hydrogen (secondary N) is 1. The molecule has 3 nitrogen and oxygen atoms in total. The van der Waals surface area contributed by atoms with Crippen LogP contribution in [0.2, 0.25) is 0 Å². The molecule has 1 aromatic rings. The van der Waals surface area contributed by atoms with Crippen LogP contribution >= 0.6 is 24.2 Å². The highest BCUT2D eigenvalue weighted by molar-refractivity contribution is 7.99. The van der Waals surface area contributed by atoms with Gasteiger partial charge in [0.15, 0.2) is 0 Å². The molecule has 2 rings (SSSR count). The van der Waals surface area contributed by atoms with Gasteiger partial charge in [-0.25, -0.2) is 0 Å². The largest absolute Gasteiger partial charge is 0.339 e. The van der Waals surface area contributed by atoms with Crippen LogP contribution in [0.4, 0.5) is 0 Å². The van der Waals surface area contributed by atoms with Crippen molar-refractivity contribution in [2.75, 3.05) is 20.1 Å². The van der Waals surface area contributed by atoms with Crippen molar-refractivity contribution < 1.29 is 4.79 Å². The van der Waals surface area contributed by atoms with Gasteiger partial charge >= 0.3 is 0 Å². The van der Waals surface area contributed by atoms with Gasteiger partial charge in [-0.15, -0.1) is 24.2 Å². The Labute approximate surface area is 138 Å². The smallest absolute Gasteiger partial charge is 0.253 e. The predicted octanol–water partition coefficient (Wildman–Crippen LogP) is 3.43. The molecular weight excluding hydrogens is 304 g/mol. The summed E-state index contributed by atoms with van der Waals surface area (Å²) in [5, 5.41) is 3.85. The molecule has 0 atom stereocenters. The first kappa shape index (κ1) is 18.3. The van der Waals surface area contributed by atoms with Gasteiger partial charge in [-0.2, -0.15) is 0 Å². The Balaban J connectivity index is 0.00000220. The molecule has 118 valence electrons. The SMILES string of the molecule is CNC1CCN(C(=O)c2ccc(SC(C)C)cc2)CC1.Cl. The number of thioether (sulfide) groups is 1. The van der Waals surface area contributed by atoms with Crippen LogP contribution in [-0.2, 0) is 0 Å². The molecule has 0 unspecified atom stereocenters. The minimum atomic E-state index is 0. The Morgan fingerprint density at radius 1 is 1.24 bits per heavy atom. The fourth-order valence-corrected chi connectivity index (χ4v) is 3.34. The van der Waals surface area contributed by atoms with Crippen molar-refractivity contribution in [2.24, 2.45) is 0 Å². The van der Waals surface area contributed by atoms with E-state index in [1.807, 2.05) is 35.8 Å². The highest BCUT2D eigenvalue weighted by Gasteiger charge is 2.22. The second-order valence-corrected chi connectivity index (χ2v) is 7.20. The first-order valence-corrected chi connectivity index (χ1v) is 8.21.